The summed E-state index contributed by atoms with van der Waals surface area (Å²) in [6.45, 7) is 18.1. The Balaban J connectivity index is 0.00000276. The Bertz CT molecular complexity index is 2700. The van der Waals surface area contributed by atoms with Gasteiger partial charge in [-0.1, -0.05) is 111 Å². The van der Waals surface area contributed by atoms with Crippen LogP contribution < -0.4 is 38.1 Å². The first-order valence-corrected chi connectivity index (χ1v) is 30.4. The predicted molar refractivity (Wildman–Crippen MR) is 332 cm³/mol. The number of anilines is 1. The van der Waals surface area contributed by atoms with Crippen LogP contribution in [-0.4, -0.2) is 204 Å². The number of primary amides is 1. The lowest BCUT2D eigenvalue weighted by atomic mass is 9.89. The van der Waals surface area contributed by atoms with Gasteiger partial charge in [0.2, 0.25) is 35.4 Å². The summed E-state index contributed by atoms with van der Waals surface area (Å²) in [5.74, 6) is -10.4. The number of carboxylic acids is 3. The molecule has 1 saturated heterocycles. The topological polar surface area (TPSA) is 372 Å². The molecular weight excluding hydrogens is 1240 g/mol. The Morgan fingerprint density at radius 2 is 1.26 bits per heavy atom. The van der Waals surface area contributed by atoms with Crippen LogP contribution in [0.4, 0.5) is 36.8 Å². The van der Waals surface area contributed by atoms with Crippen LogP contribution in [-0.2, 0) is 65.5 Å². The lowest BCUT2D eigenvalue weighted by Gasteiger charge is -2.41. The number of nitrogens with one attached hydrogen (secondary N) is 5. The third-order valence-electron chi connectivity index (χ3n) is 15.8. The van der Waals surface area contributed by atoms with Gasteiger partial charge in [0.25, 0.3) is 0 Å². The molecule has 93 heavy (non-hydrogen) atoms. The van der Waals surface area contributed by atoms with E-state index >= 15 is 0 Å². The number of halogens is 6. The number of hydrogen-bond donors (Lipinski definition) is 10. The molecule has 526 valence electrons. The van der Waals surface area contributed by atoms with Crippen molar-refractivity contribution in [3.8, 4) is 0 Å². The average molecular weight is 1340 g/mol. The van der Waals surface area contributed by atoms with Gasteiger partial charge < -0.3 is 72.6 Å². The van der Waals surface area contributed by atoms with E-state index in [4.69, 9.17) is 40.7 Å². The second-order valence-electron chi connectivity index (χ2n) is 23.9. The smallest absolute Gasteiger partial charge is 0.480 e. The van der Waals surface area contributed by atoms with Crippen molar-refractivity contribution in [3.63, 3.8) is 0 Å². The zero-order valence-corrected chi connectivity index (χ0v) is 55.1. The molecule has 1 heterocycles. The maximum atomic E-state index is 14.8. The molecule has 1 aliphatic rings. The highest BCUT2D eigenvalue weighted by atomic mass is 19.4. The molecule has 1 aliphatic heterocycles. The van der Waals surface area contributed by atoms with E-state index in [2.05, 4.69) is 26.6 Å². The van der Waals surface area contributed by atoms with Gasteiger partial charge in [-0.25, -0.2) is 19.2 Å². The van der Waals surface area contributed by atoms with E-state index in [0.717, 1.165) is 11.1 Å². The van der Waals surface area contributed by atoms with Crippen LogP contribution in [0.1, 0.15) is 112 Å². The molecule has 31 heteroatoms. The van der Waals surface area contributed by atoms with E-state index in [9.17, 15) is 69.8 Å². The van der Waals surface area contributed by atoms with Gasteiger partial charge in [-0.15, -0.1) is 0 Å². The van der Waals surface area contributed by atoms with E-state index in [1.807, 2.05) is 85.5 Å². The first kappa shape index (κ1) is 83.4. The van der Waals surface area contributed by atoms with Crippen LogP contribution in [0.2, 0.25) is 0 Å². The van der Waals surface area contributed by atoms with E-state index in [-0.39, 0.29) is 67.2 Å². The van der Waals surface area contributed by atoms with Crippen molar-refractivity contribution in [2.24, 2.45) is 41.1 Å². The summed E-state index contributed by atoms with van der Waals surface area (Å²) < 4.78 is 75.5. The second-order valence-corrected chi connectivity index (χ2v) is 23.9. The van der Waals surface area contributed by atoms with E-state index in [1.165, 1.54) is 14.2 Å². The Kier molecular flexibility index (Phi) is 35.7. The van der Waals surface area contributed by atoms with Crippen LogP contribution in [0.25, 0.3) is 0 Å². The molecule has 8 amide bonds. The summed E-state index contributed by atoms with van der Waals surface area (Å²) in [7, 11) is 6.56. The number of aliphatic carboxylic acids is 3. The third-order valence-corrected chi connectivity index (χ3v) is 15.8. The van der Waals surface area contributed by atoms with Gasteiger partial charge in [0.1, 0.15) is 18.1 Å². The largest absolute Gasteiger partial charge is 0.490 e. The number of likely N-dealkylation sites (tertiary alicyclic amines) is 1. The third kappa shape index (κ3) is 28.2. The molecule has 0 saturated carbocycles. The lowest BCUT2D eigenvalue weighted by molar-refractivity contribution is -0.193. The number of nitrogens with two attached hydrogens (primary N) is 2. The minimum Gasteiger partial charge on any atom is -0.480 e. The van der Waals surface area contributed by atoms with Crippen molar-refractivity contribution >= 4 is 65.1 Å². The molecule has 0 bridgehead atoms. The van der Waals surface area contributed by atoms with Gasteiger partial charge in [0.15, 0.2) is 0 Å². The zero-order valence-electron chi connectivity index (χ0n) is 55.1. The molecule has 12 N–H and O–H groups in total. The number of amides is 8. The van der Waals surface area contributed by atoms with Crippen LogP contribution in [0.15, 0.2) is 54.6 Å². The Morgan fingerprint density at radius 1 is 0.710 bits per heavy atom. The fourth-order valence-electron chi connectivity index (χ4n) is 10.4. The molecule has 0 spiro atoms. The summed E-state index contributed by atoms with van der Waals surface area (Å²) in [6.07, 6.45) is -8.55. The molecular formula is C62H96F6N10O15. The monoisotopic (exact) mass is 1330 g/mol. The number of methoxy groups -OCH3 is 2. The number of carbonyl (C=O) groups excluding carboxylic acids is 7. The quantitative estimate of drug-likeness (QED) is 0.0325. The van der Waals surface area contributed by atoms with Crippen molar-refractivity contribution in [1.29, 1.82) is 0 Å². The first-order chi connectivity index (χ1) is 43.2. The van der Waals surface area contributed by atoms with E-state index < -0.39 is 114 Å². The second kappa shape index (κ2) is 39.8. The molecule has 11 atom stereocenters. The highest BCUT2D eigenvalue weighted by Crippen LogP contribution is 2.30. The number of alkyl halides is 6. The van der Waals surface area contributed by atoms with Crippen LogP contribution in [0.3, 0.4) is 0 Å². The molecule has 0 unspecified atom stereocenters. The summed E-state index contributed by atoms with van der Waals surface area (Å²) >= 11 is 0. The molecule has 0 aliphatic carbocycles. The van der Waals surface area contributed by atoms with Crippen molar-refractivity contribution in [2.75, 3.05) is 53.3 Å². The van der Waals surface area contributed by atoms with Crippen LogP contribution in [0.5, 0.6) is 0 Å². The standard InChI is InChI=1S/C58H94N10O11.2C2HF3O2/c1-14-37(8)50(45(78-12)33-46(69)68-30-19-23-44(68)51(79-13)38(9)52(70)64-43(57(75)76)32-40-20-16-15-17-21-40)67(11)56(74)48(35(4)5)65-55(73)49(36(6)7)66(10)31-28-39-24-26-41(27-25-39)62-53(71)42(22-18-29-61-58(60)77)63-54(72)47(59)34(2)3;2*3-2(4,5)1(6)7/h15-17,20-21,24-27,34-38,42-45,47-51H,14,18-19,22-23,28-33,59H2,1-13H3,(H,62,71)(H,63,72)(H,64,70)(H,65,73)(H,75,76)(H3,60,61,77);2*(H,6,7)/t37-,38+,42-,43-,44-,45+,47-,48-,49-,50-,51+;;/m0../s1. The van der Waals surface area contributed by atoms with E-state index in [0.29, 0.717) is 50.9 Å². The number of likely N-dealkylation sites (N-methyl/N-ethyl adjacent to an activating group) is 2. The lowest BCUT2D eigenvalue weighted by Crippen LogP contribution is -2.60. The normalized spacial score (nSPS) is 16.5. The number of carbonyl (C=O) groups is 10. The van der Waals surface area contributed by atoms with Gasteiger partial charge in [-0.05, 0) is 86.1 Å². The van der Waals surface area contributed by atoms with Gasteiger partial charge in [0.05, 0.1) is 48.7 Å². The summed E-state index contributed by atoms with van der Waals surface area (Å²) in [4.78, 5) is 130. The predicted octanol–water partition coefficient (Wildman–Crippen LogP) is 5.18. The van der Waals surface area contributed by atoms with Gasteiger partial charge in [0, 0.05) is 53.0 Å². The minimum absolute atomic E-state index is 0.0712. The van der Waals surface area contributed by atoms with E-state index in [1.54, 1.807) is 60.2 Å². The Labute approximate surface area is 539 Å². The van der Waals surface area contributed by atoms with Gasteiger partial charge in [-0.2, -0.15) is 26.3 Å². The number of ether oxygens (including phenoxy) is 2. The molecule has 3 rings (SSSR count). The Hall–Kier alpha value is -7.64. The Morgan fingerprint density at radius 3 is 1.72 bits per heavy atom. The minimum atomic E-state index is -5.08. The highest BCUT2D eigenvalue weighted by molar-refractivity contribution is 5.98. The first-order valence-electron chi connectivity index (χ1n) is 30.4. The molecule has 1 fully saturated rings. The number of benzene rings is 2. The molecule has 2 aromatic carbocycles. The fraction of sp³-hybridized carbons (Fsp3) is 0.645. The van der Waals surface area contributed by atoms with Crippen molar-refractivity contribution in [1.82, 2.24) is 36.0 Å². The number of urea groups is 1. The number of nitrogens with zero attached hydrogens (tertiary/aromatic N) is 3. The van der Waals surface area contributed by atoms with Crippen molar-refractivity contribution in [2.45, 2.75) is 181 Å². The highest BCUT2D eigenvalue weighted by Gasteiger charge is 2.44. The van der Waals surface area contributed by atoms with Crippen molar-refractivity contribution in [3.05, 3.63) is 65.7 Å². The molecule has 0 radical (unpaired) electrons. The van der Waals surface area contributed by atoms with Crippen LogP contribution >= 0.6 is 0 Å². The zero-order chi connectivity index (χ0) is 71.4. The number of rotatable bonds is 33. The molecule has 0 aromatic heterocycles. The fourth-order valence-corrected chi connectivity index (χ4v) is 10.4. The number of hydrogen-bond acceptors (Lipinski definition) is 14. The summed E-state index contributed by atoms with van der Waals surface area (Å²) in [6, 6.07) is 10.2. The average Bonchev–Trinajstić information content (AvgIpc) is 1.82. The maximum absolute atomic E-state index is 14.8. The maximum Gasteiger partial charge on any atom is 0.490 e. The molecule has 25 nitrogen and oxygen atoms in total. The summed E-state index contributed by atoms with van der Waals surface area (Å²) in [5, 5.41) is 38.1. The van der Waals surface area contributed by atoms with Crippen LogP contribution in [0, 0.1) is 29.6 Å². The number of carboxylic acid groups (broad SMARTS) is 3. The van der Waals surface area contributed by atoms with Gasteiger partial charge >= 0.3 is 36.3 Å². The summed E-state index contributed by atoms with van der Waals surface area (Å²) in [5.41, 5.74) is 13.4. The van der Waals surface area contributed by atoms with Crippen molar-refractivity contribution < 1.29 is 99.1 Å². The molecule has 2 aromatic rings. The van der Waals surface area contributed by atoms with Gasteiger partial charge in [-0.3, -0.25) is 33.7 Å². The SMILES string of the molecule is CC[C@H](C)[C@@H]([C@@H](CC(=O)N1CCC[C@H]1[C@H](OC)[C@@H](C)C(=O)N[C@@H](Cc1ccccc1)C(=O)O)OC)N(C)C(=O)[C@@H](NC(=O)[C@H](C(C)C)N(C)CCc1ccc(NC(=O)[C@H](CCCNC(N)=O)NC(=O)[C@@H](N)C(C)C)cc1)C(C)C.O=C(O)C(F)(F)F.O=C(O)C(F)(F)F.